The topological polar surface area (TPSA) is 67.8 Å². The lowest BCUT2D eigenvalue weighted by atomic mass is 10.2. The second kappa shape index (κ2) is 3.96. The van der Waals surface area contributed by atoms with Gasteiger partial charge < -0.3 is 0 Å². The number of nitrogens with one attached hydrogen (secondary N) is 1. The van der Waals surface area contributed by atoms with Crippen LogP contribution in [0, 0.1) is 0 Å². The Kier molecular flexibility index (Phi) is 2.30. The van der Waals surface area contributed by atoms with Gasteiger partial charge in [0.1, 0.15) is 0 Å². The summed E-state index contributed by atoms with van der Waals surface area (Å²) in [4.78, 5) is 26.9. The molecule has 5 heteroatoms. The first-order valence-corrected chi connectivity index (χ1v) is 5.41. The highest BCUT2D eigenvalue weighted by atomic mass is 16.1. The van der Waals surface area contributed by atoms with Gasteiger partial charge in [-0.05, 0) is 18.2 Å². The molecule has 88 valence electrons. The maximum absolute atomic E-state index is 12.2. The van der Waals surface area contributed by atoms with Crippen LogP contribution in [-0.2, 0) is 0 Å². The van der Waals surface area contributed by atoms with Crippen molar-refractivity contribution in [3.05, 3.63) is 58.5 Å². The van der Waals surface area contributed by atoms with Crippen LogP contribution >= 0.6 is 0 Å². The predicted molar refractivity (Wildman–Crippen MR) is 67.1 cm³/mol. The summed E-state index contributed by atoms with van der Waals surface area (Å²) in [5.41, 5.74) is 1.37. The zero-order valence-corrected chi connectivity index (χ0v) is 9.33. The number of hydrogen-bond donors (Lipinski definition) is 1. The van der Waals surface area contributed by atoms with E-state index < -0.39 is 0 Å². The van der Waals surface area contributed by atoms with Crippen LogP contribution in [0.5, 0.6) is 0 Å². The molecule has 0 amide bonds. The number of aldehydes is 1. The van der Waals surface area contributed by atoms with Crippen molar-refractivity contribution in [2.45, 2.75) is 0 Å². The van der Waals surface area contributed by atoms with Crippen molar-refractivity contribution < 1.29 is 4.79 Å². The zero-order valence-electron chi connectivity index (χ0n) is 9.33. The number of H-pyrrole nitrogens is 1. The largest absolute Gasteiger partial charge is 0.298 e. The number of para-hydroxylation sites is 1. The van der Waals surface area contributed by atoms with Gasteiger partial charge in [-0.1, -0.05) is 18.2 Å². The Bertz CT molecular complexity index is 772. The molecule has 0 aliphatic heterocycles. The van der Waals surface area contributed by atoms with Gasteiger partial charge in [0, 0.05) is 11.8 Å². The third-order valence-electron chi connectivity index (χ3n) is 2.71. The highest BCUT2D eigenvalue weighted by molar-refractivity contribution is 5.83. The molecule has 0 aliphatic carbocycles. The second-order valence-corrected chi connectivity index (χ2v) is 3.87. The van der Waals surface area contributed by atoms with E-state index in [4.69, 9.17) is 0 Å². The van der Waals surface area contributed by atoms with Crippen molar-refractivity contribution in [2.24, 2.45) is 0 Å². The Balaban J connectivity index is 2.30. The van der Waals surface area contributed by atoms with E-state index in [1.54, 1.807) is 0 Å². The van der Waals surface area contributed by atoms with Gasteiger partial charge in [-0.3, -0.25) is 14.7 Å². The molecule has 0 saturated carbocycles. The van der Waals surface area contributed by atoms with Crippen LogP contribution in [0.2, 0.25) is 0 Å². The van der Waals surface area contributed by atoms with Gasteiger partial charge in [0.25, 0.3) is 5.56 Å². The molecular formula is C13H9N3O2. The first-order valence-electron chi connectivity index (χ1n) is 5.41. The van der Waals surface area contributed by atoms with E-state index in [2.05, 4.69) is 10.1 Å². The molecule has 0 bridgehead atoms. The number of rotatable bonds is 2. The van der Waals surface area contributed by atoms with E-state index in [0.29, 0.717) is 22.9 Å². The number of nitrogens with zero attached hydrogens (tertiary/aromatic N) is 2. The van der Waals surface area contributed by atoms with E-state index in [0.717, 1.165) is 5.69 Å². The van der Waals surface area contributed by atoms with E-state index in [1.807, 2.05) is 30.3 Å². The number of benzene rings is 1. The van der Waals surface area contributed by atoms with E-state index in [9.17, 15) is 9.59 Å². The number of aromatic amines is 1. The number of pyridine rings is 1. The van der Waals surface area contributed by atoms with Crippen LogP contribution in [-0.4, -0.2) is 21.1 Å². The molecule has 18 heavy (non-hydrogen) atoms. The predicted octanol–water partition coefficient (Wildman–Crippen LogP) is 1.53. The van der Waals surface area contributed by atoms with Crippen LogP contribution in [0.15, 0.2) is 47.4 Å². The monoisotopic (exact) mass is 239 g/mol. The first kappa shape index (κ1) is 10.5. The lowest BCUT2D eigenvalue weighted by Crippen LogP contribution is -2.13. The van der Waals surface area contributed by atoms with Crippen LogP contribution < -0.4 is 5.56 Å². The SMILES string of the molecule is O=Cc1cnc2[nH]n(-c3ccccc3)c(=O)c2c1. The summed E-state index contributed by atoms with van der Waals surface area (Å²) in [6, 6.07) is 10.7. The third-order valence-corrected chi connectivity index (χ3v) is 2.71. The van der Waals surface area contributed by atoms with Crippen molar-refractivity contribution in [3.63, 3.8) is 0 Å². The summed E-state index contributed by atoms with van der Waals surface area (Å²) in [5, 5.41) is 3.31. The number of fused-ring (bicyclic) bond motifs is 1. The third kappa shape index (κ3) is 1.53. The van der Waals surface area contributed by atoms with Crippen molar-refractivity contribution in [1.29, 1.82) is 0 Å². The fraction of sp³-hybridized carbons (Fsp3) is 0. The molecule has 0 unspecified atom stereocenters. The summed E-state index contributed by atoms with van der Waals surface area (Å²) in [6.07, 6.45) is 2.10. The van der Waals surface area contributed by atoms with Gasteiger partial charge in [0.2, 0.25) is 0 Å². The summed E-state index contributed by atoms with van der Waals surface area (Å²) in [6.45, 7) is 0. The van der Waals surface area contributed by atoms with Gasteiger partial charge in [-0.25, -0.2) is 9.67 Å². The maximum Gasteiger partial charge on any atom is 0.280 e. The molecule has 0 spiro atoms. The van der Waals surface area contributed by atoms with Crippen molar-refractivity contribution >= 4 is 17.3 Å². The van der Waals surface area contributed by atoms with Gasteiger partial charge in [0.05, 0.1) is 11.1 Å². The summed E-state index contributed by atoms with van der Waals surface area (Å²) < 4.78 is 1.41. The Morgan fingerprint density at radius 2 is 2.00 bits per heavy atom. The molecule has 1 aromatic carbocycles. The molecule has 0 radical (unpaired) electrons. The Morgan fingerprint density at radius 3 is 2.72 bits per heavy atom. The van der Waals surface area contributed by atoms with Crippen LogP contribution in [0.3, 0.4) is 0 Å². The van der Waals surface area contributed by atoms with Crippen molar-refractivity contribution in [3.8, 4) is 5.69 Å². The van der Waals surface area contributed by atoms with E-state index in [1.165, 1.54) is 16.9 Å². The molecule has 0 fully saturated rings. The molecule has 0 atom stereocenters. The molecule has 0 aliphatic rings. The van der Waals surface area contributed by atoms with Crippen molar-refractivity contribution in [1.82, 2.24) is 14.8 Å². The maximum atomic E-state index is 12.2. The molecular weight excluding hydrogens is 230 g/mol. The summed E-state index contributed by atoms with van der Waals surface area (Å²) >= 11 is 0. The molecule has 1 N–H and O–H groups in total. The molecule has 2 heterocycles. The Morgan fingerprint density at radius 1 is 1.22 bits per heavy atom. The average molecular weight is 239 g/mol. The fourth-order valence-electron chi connectivity index (χ4n) is 1.83. The van der Waals surface area contributed by atoms with Crippen LogP contribution in [0.25, 0.3) is 16.7 Å². The molecule has 0 saturated heterocycles. The summed E-state index contributed by atoms with van der Waals surface area (Å²) in [7, 11) is 0. The van der Waals surface area contributed by atoms with Gasteiger partial charge in [-0.15, -0.1) is 0 Å². The molecule has 3 rings (SSSR count). The van der Waals surface area contributed by atoms with Gasteiger partial charge in [-0.2, -0.15) is 0 Å². The first-order chi connectivity index (χ1) is 8.79. The minimum absolute atomic E-state index is 0.215. The van der Waals surface area contributed by atoms with Crippen molar-refractivity contribution in [2.75, 3.05) is 0 Å². The van der Waals surface area contributed by atoms with Crippen LogP contribution in [0.4, 0.5) is 0 Å². The molecule has 3 aromatic rings. The smallest absolute Gasteiger partial charge is 0.280 e. The molecule has 2 aromatic heterocycles. The highest BCUT2D eigenvalue weighted by Gasteiger charge is 2.09. The highest BCUT2D eigenvalue weighted by Crippen LogP contribution is 2.09. The van der Waals surface area contributed by atoms with Gasteiger partial charge >= 0.3 is 0 Å². The zero-order chi connectivity index (χ0) is 12.5. The fourth-order valence-corrected chi connectivity index (χ4v) is 1.83. The number of aromatic nitrogens is 3. The quantitative estimate of drug-likeness (QED) is 0.689. The number of hydrogen-bond acceptors (Lipinski definition) is 3. The lowest BCUT2D eigenvalue weighted by molar-refractivity contribution is 0.112. The minimum atomic E-state index is -0.215. The van der Waals surface area contributed by atoms with Gasteiger partial charge in [0.15, 0.2) is 11.9 Å². The van der Waals surface area contributed by atoms with E-state index in [-0.39, 0.29) is 5.56 Å². The standard InChI is InChI=1S/C13H9N3O2/c17-8-9-6-11-12(14-7-9)15-16(13(11)18)10-4-2-1-3-5-10/h1-8H,(H,14,15). The van der Waals surface area contributed by atoms with E-state index >= 15 is 0 Å². The normalized spacial score (nSPS) is 10.7. The minimum Gasteiger partial charge on any atom is -0.298 e. The Labute approximate surface area is 102 Å². The molecule has 5 nitrogen and oxygen atoms in total. The Hall–Kier alpha value is -2.69. The van der Waals surface area contributed by atoms with Crippen LogP contribution in [0.1, 0.15) is 10.4 Å². The average Bonchev–Trinajstić information content (AvgIpc) is 2.77. The summed E-state index contributed by atoms with van der Waals surface area (Å²) in [5.74, 6) is 0. The number of carbonyl (C=O) groups is 1. The number of carbonyl (C=O) groups excluding carboxylic acids is 1. The second-order valence-electron chi connectivity index (χ2n) is 3.87. The lowest BCUT2D eigenvalue weighted by Gasteiger charge is -1.98.